The summed E-state index contributed by atoms with van der Waals surface area (Å²) in [6.07, 6.45) is 2.14. The normalized spacial score (nSPS) is 16.6. The summed E-state index contributed by atoms with van der Waals surface area (Å²) in [6, 6.07) is 3.60. The van der Waals surface area contributed by atoms with Gasteiger partial charge in [0, 0.05) is 42.1 Å². The minimum absolute atomic E-state index is 0.0415. The average molecular weight is 317 g/mol. The van der Waals surface area contributed by atoms with Crippen molar-refractivity contribution in [3.05, 3.63) is 34.3 Å². The number of hydrogen-bond acceptors (Lipinski definition) is 5. The van der Waals surface area contributed by atoms with E-state index in [1.165, 1.54) is 25.4 Å². The van der Waals surface area contributed by atoms with Gasteiger partial charge in [-0.05, 0) is 11.6 Å². The molecule has 2 heterocycles. The number of nitrogens with zero attached hydrogens (tertiary/aromatic N) is 1. The first-order valence-electron chi connectivity index (χ1n) is 6.76. The lowest BCUT2D eigenvalue weighted by Crippen LogP contribution is -2.23. The standard InChI is InChI=1S/C15H15N3O3S/c1-8(19)17-12-3-9-10(14-6-16-7-22-14)4-15(20)18-11(9)5-13(12)21-2/h3,5-7,10H,4H2,1-2H3,(H,17,19)(H,18,20). The number of methoxy groups -OCH3 is 1. The Kier molecular flexibility index (Phi) is 3.81. The van der Waals surface area contributed by atoms with Gasteiger partial charge in [0.2, 0.25) is 11.8 Å². The Morgan fingerprint density at radius 3 is 2.95 bits per heavy atom. The van der Waals surface area contributed by atoms with E-state index in [1.807, 2.05) is 6.07 Å². The maximum absolute atomic E-state index is 12.0. The molecule has 2 aromatic rings. The molecule has 3 rings (SSSR count). The number of rotatable bonds is 3. The van der Waals surface area contributed by atoms with Crippen molar-refractivity contribution in [1.82, 2.24) is 4.98 Å². The molecule has 0 saturated carbocycles. The number of aromatic nitrogens is 1. The second kappa shape index (κ2) is 5.76. The predicted molar refractivity (Wildman–Crippen MR) is 84.5 cm³/mol. The fourth-order valence-electron chi connectivity index (χ4n) is 2.60. The third-order valence-electron chi connectivity index (χ3n) is 3.52. The monoisotopic (exact) mass is 317 g/mol. The van der Waals surface area contributed by atoms with Gasteiger partial charge in [-0.25, -0.2) is 0 Å². The fourth-order valence-corrected chi connectivity index (χ4v) is 3.34. The maximum Gasteiger partial charge on any atom is 0.225 e. The Hall–Kier alpha value is -2.41. The zero-order valence-electron chi connectivity index (χ0n) is 12.2. The highest BCUT2D eigenvalue weighted by molar-refractivity contribution is 7.09. The first-order valence-corrected chi connectivity index (χ1v) is 7.64. The molecule has 0 spiro atoms. The molecule has 0 bridgehead atoms. The van der Waals surface area contributed by atoms with Crippen molar-refractivity contribution in [3.63, 3.8) is 0 Å². The first-order chi connectivity index (χ1) is 10.6. The Morgan fingerprint density at radius 1 is 1.50 bits per heavy atom. The Balaban J connectivity index is 2.11. The zero-order chi connectivity index (χ0) is 15.7. The van der Waals surface area contributed by atoms with Crippen LogP contribution in [0.1, 0.15) is 29.7 Å². The number of carbonyl (C=O) groups excluding carboxylic acids is 2. The number of amides is 2. The summed E-state index contributed by atoms with van der Waals surface area (Å²) in [5.74, 6) is 0.238. The molecule has 7 heteroatoms. The van der Waals surface area contributed by atoms with E-state index in [4.69, 9.17) is 4.74 Å². The Morgan fingerprint density at radius 2 is 2.32 bits per heavy atom. The van der Waals surface area contributed by atoms with E-state index in [0.717, 1.165) is 10.4 Å². The number of nitrogens with one attached hydrogen (secondary N) is 2. The van der Waals surface area contributed by atoms with Crippen LogP contribution < -0.4 is 15.4 Å². The molecule has 22 heavy (non-hydrogen) atoms. The van der Waals surface area contributed by atoms with Crippen molar-refractivity contribution in [2.45, 2.75) is 19.3 Å². The number of anilines is 2. The molecule has 1 aromatic carbocycles. The van der Waals surface area contributed by atoms with Gasteiger partial charge in [-0.15, -0.1) is 11.3 Å². The van der Waals surface area contributed by atoms with Gasteiger partial charge in [0.1, 0.15) is 5.75 Å². The molecule has 114 valence electrons. The van der Waals surface area contributed by atoms with Crippen LogP contribution in [0, 0.1) is 0 Å². The highest BCUT2D eigenvalue weighted by Crippen LogP contribution is 2.43. The highest BCUT2D eigenvalue weighted by Gasteiger charge is 2.29. The predicted octanol–water partition coefficient (Wildman–Crippen LogP) is 2.58. The molecular weight excluding hydrogens is 302 g/mol. The molecule has 0 radical (unpaired) electrons. The van der Waals surface area contributed by atoms with Crippen LogP contribution in [0.3, 0.4) is 0 Å². The van der Waals surface area contributed by atoms with Gasteiger partial charge >= 0.3 is 0 Å². The molecule has 1 atom stereocenters. The second-order valence-electron chi connectivity index (χ2n) is 5.03. The van der Waals surface area contributed by atoms with Crippen molar-refractivity contribution < 1.29 is 14.3 Å². The number of thiazole rings is 1. The van der Waals surface area contributed by atoms with E-state index in [0.29, 0.717) is 23.5 Å². The molecule has 1 aromatic heterocycles. The summed E-state index contributed by atoms with van der Waals surface area (Å²) in [5, 5.41) is 5.62. The molecule has 2 N–H and O–H groups in total. The summed E-state index contributed by atoms with van der Waals surface area (Å²) in [4.78, 5) is 28.4. The highest BCUT2D eigenvalue weighted by atomic mass is 32.1. The largest absolute Gasteiger partial charge is 0.494 e. The van der Waals surface area contributed by atoms with Crippen molar-refractivity contribution in [2.75, 3.05) is 17.7 Å². The van der Waals surface area contributed by atoms with Gasteiger partial charge in [0.25, 0.3) is 0 Å². The Labute approximate surface area is 131 Å². The number of carbonyl (C=O) groups is 2. The van der Waals surface area contributed by atoms with Gasteiger partial charge in [-0.2, -0.15) is 0 Å². The van der Waals surface area contributed by atoms with Crippen LogP contribution in [0.5, 0.6) is 5.75 Å². The molecule has 0 fully saturated rings. The molecule has 6 nitrogen and oxygen atoms in total. The Bertz CT molecular complexity index is 728. The molecule has 0 saturated heterocycles. The summed E-state index contributed by atoms with van der Waals surface area (Å²) >= 11 is 1.52. The van der Waals surface area contributed by atoms with Crippen molar-refractivity contribution in [2.24, 2.45) is 0 Å². The van der Waals surface area contributed by atoms with Gasteiger partial charge in [0.15, 0.2) is 0 Å². The lowest BCUT2D eigenvalue weighted by molar-refractivity contribution is -0.116. The van der Waals surface area contributed by atoms with E-state index >= 15 is 0 Å². The lowest BCUT2D eigenvalue weighted by Gasteiger charge is -2.26. The van der Waals surface area contributed by atoms with Crippen LogP contribution in [-0.2, 0) is 9.59 Å². The van der Waals surface area contributed by atoms with Gasteiger partial charge in [0.05, 0.1) is 18.3 Å². The summed E-state index contributed by atoms with van der Waals surface area (Å²) < 4.78 is 5.30. The number of ether oxygens (including phenoxy) is 1. The number of hydrogen-bond donors (Lipinski definition) is 2. The van der Waals surface area contributed by atoms with Crippen molar-refractivity contribution in [1.29, 1.82) is 0 Å². The van der Waals surface area contributed by atoms with Crippen LogP contribution >= 0.6 is 11.3 Å². The molecule has 1 unspecified atom stereocenters. The SMILES string of the molecule is COc1cc2c(cc1NC(C)=O)C(c1cncs1)CC(=O)N2. The van der Waals surface area contributed by atoms with E-state index in [1.54, 1.807) is 17.8 Å². The fraction of sp³-hybridized carbons (Fsp3) is 0.267. The van der Waals surface area contributed by atoms with Crippen molar-refractivity contribution in [3.8, 4) is 5.75 Å². The van der Waals surface area contributed by atoms with Crippen LogP contribution in [-0.4, -0.2) is 23.9 Å². The van der Waals surface area contributed by atoms with Gasteiger partial charge in [-0.1, -0.05) is 0 Å². The van der Waals surface area contributed by atoms with E-state index in [9.17, 15) is 9.59 Å². The maximum atomic E-state index is 12.0. The smallest absolute Gasteiger partial charge is 0.225 e. The van der Waals surface area contributed by atoms with Crippen LogP contribution in [0.25, 0.3) is 0 Å². The number of benzene rings is 1. The molecule has 2 amide bonds. The minimum atomic E-state index is -0.174. The minimum Gasteiger partial charge on any atom is -0.494 e. The van der Waals surface area contributed by atoms with Crippen LogP contribution in [0.2, 0.25) is 0 Å². The topological polar surface area (TPSA) is 80.3 Å². The summed E-state index contributed by atoms with van der Waals surface area (Å²) in [6.45, 7) is 1.45. The van der Waals surface area contributed by atoms with E-state index in [-0.39, 0.29) is 17.7 Å². The number of fused-ring (bicyclic) bond motifs is 1. The van der Waals surface area contributed by atoms with Gasteiger partial charge < -0.3 is 15.4 Å². The van der Waals surface area contributed by atoms with Crippen LogP contribution in [0.4, 0.5) is 11.4 Å². The summed E-state index contributed by atoms with van der Waals surface area (Å²) in [7, 11) is 1.53. The van der Waals surface area contributed by atoms with Crippen LogP contribution in [0.15, 0.2) is 23.8 Å². The third kappa shape index (κ3) is 2.67. The van der Waals surface area contributed by atoms with Gasteiger partial charge in [-0.3, -0.25) is 14.6 Å². The average Bonchev–Trinajstić information content (AvgIpc) is 2.99. The lowest BCUT2D eigenvalue weighted by atomic mass is 9.89. The second-order valence-corrected chi connectivity index (χ2v) is 5.95. The first kappa shape index (κ1) is 14.5. The molecule has 0 aliphatic carbocycles. The van der Waals surface area contributed by atoms with E-state index < -0.39 is 0 Å². The third-order valence-corrected chi connectivity index (χ3v) is 4.41. The van der Waals surface area contributed by atoms with Crippen molar-refractivity contribution >= 4 is 34.5 Å². The quantitative estimate of drug-likeness (QED) is 0.912. The zero-order valence-corrected chi connectivity index (χ0v) is 13.0. The molecular formula is C15H15N3O3S. The molecule has 1 aliphatic heterocycles. The van der Waals surface area contributed by atoms with E-state index in [2.05, 4.69) is 15.6 Å². The summed E-state index contributed by atoms with van der Waals surface area (Å²) in [5.41, 5.74) is 4.01. The molecule has 1 aliphatic rings.